The van der Waals surface area contributed by atoms with Crippen LogP contribution in [0.3, 0.4) is 0 Å². The molecule has 0 aromatic heterocycles. The van der Waals surface area contributed by atoms with Gasteiger partial charge in [0.05, 0.1) is 25.5 Å². The van der Waals surface area contributed by atoms with Gasteiger partial charge >= 0.3 is 0 Å². The average Bonchev–Trinajstić information content (AvgIpc) is 3.20. The van der Waals surface area contributed by atoms with Gasteiger partial charge in [-0.3, -0.25) is 4.79 Å². The van der Waals surface area contributed by atoms with Crippen LogP contribution in [0.25, 0.3) is 0 Å². The van der Waals surface area contributed by atoms with Gasteiger partial charge in [0.25, 0.3) is 11.7 Å². The molecule has 1 amide bonds. The number of benzene rings is 2. The molecule has 2 aromatic carbocycles. The van der Waals surface area contributed by atoms with E-state index in [1.807, 2.05) is 51.1 Å². The van der Waals surface area contributed by atoms with E-state index in [9.17, 15) is 4.79 Å². The molecule has 1 saturated heterocycles. The number of anilines is 1. The number of fused-ring (bicyclic) bond motifs is 2. The summed E-state index contributed by atoms with van der Waals surface area (Å²) in [4.78, 5) is 15.0. The van der Waals surface area contributed by atoms with Crippen molar-refractivity contribution in [1.29, 1.82) is 0 Å². The normalized spacial score (nSPS) is 17.6. The fourth-order valence-electron chi connectivity index (χ4n) is 3.99. The summed E-state index contributed by atoms with van der Waals surface area (Å²) in [7, 11) is 0. The number of nitrogens with zero attached hydrogens (tertiary/aromatic N) is 1. The zero-order valence-corrected chi connectivity index (χ0v) is 16.1. The van der Waals surface area contributed by atoms with Crippen molar-refractivity contribution in [2.75, 3.05) is 31.3 Å². The number of hydrogen-bond acceptors (Lipinski definition) is 4. The topological polar surface area (TPSA) is 48.0 Å². The van der Waals surface area contributed by atoms with Gasteiger partial charge in [0, 0.05) is 12.1 Å². The molecule has 1 fully saturated rings. The van der Waals surface area contributed by atoms with E-state index in [0.717, 1.165) is 34.5 Å². The summed E-state index contributed by atoms with van der Waals surface area (Å²) < 4.78 is 17.5. The van der Waals surface area contributed by atoms with E-state index in [4.69, 9.17) is 14.2 Å². The fraction of sp³-hybridized carbons (Fsp3) is 0.409. The third kappa shape index (κ3) is 3.11. The second-order valence-electron chi connectivity index (χ2n) is 7.27. The lowest BCUT2D eigenvalue weighted by atomic mass is 10.0. The van der Waals surface area contributed by atoms with Crippen LogP contribution in [0.4, 0.5) is 5.69 Å². The fourth-order valence-corrected chi connectivity index (χ4v) is 3.99. The van der Waals surface area contributed by atoms with E-state index in [1.165, 1.54) is 5.56 Å². The lowest BCUT2D eigenvalue weighted by Gasteiger charge is -2.22. The van der Waals surface area contributed by atoms with Gasteiger partial charge < -0.3 is 19.1 Å². The van der Waals surface area contributed by atoms with Gasteiger partial charge in [-0.25, -0.2) is 0 Å². The first kappa shape index (κ1) is 18.0. The van der Waals surface area contributed by atoms with Crippen molar-refractivity contribution in [2.45, 2.75) is 33.0 Å². The van der Waals surface area contributed by atoms with E-state index in [-0.39, 0.29) is 5.91 Å². The second kappa shape index (κ2) is 6.98. The van der Waals surface area contributed by atoms with E-state index in [2.05, 4.69) is 6.07 Å². The van der Waals surface area contributed by atoms with Crippen LogP contribution >= 0.6 is 0 Å². The SMILES string of the molecule is Cc1cccc(OCCCN2C(=O)C3(OCCO3)c3cc(C)cc(C)c32)c1. The molecule has 4 rings (SSSR count). The molecule has 2 aliphatic heterocycles. The zero-order valence-electron chi connectivity index (χ0n) is 16.1. The maximum absolute atomic E-state index is 13.2. The van der Waals surface area contributed by atoms with Crippen molar-refractivity contribution < 1.29 is 19.0 Å². The lowest BCUT2D eigenvalue weighted by molar-refractivity contribution is -0.180. The summed E-state index contributed by atoms with van der Waals surface area (Å²) >= 11 is 0. The second-order valence-corrected chi connectivity index (χ2v) is 7.27. The predicted octanol–water partition coefficient (Wildman–Crippen LogP) is 3.63. The summed E-state index contributed by atoms with van der Waals surface area (Å²) in [5, 5.41) is 0. The largest absolute Gasteiger partial charge is 0.494 e. The van der Waals surface area contributed by atoms with Crippen molar-refractivity contribution in [3.63, 3.8) is 0 Å². The standard InChI is InChI=1S/C22H25NO4/c1-15-6-4-7-18(13-15)25-9-5-8-23-20-17(3)12-16(2)14-19(20)22(21(23)24)26-10-11-27-22/h4,6-7,12-14H,5,8-11H2,1-3H3. The van der Waals surface area contributed by atoms with Crippen molar-refractivity contribution >= 4 is 11.6 Å². The Labute approximate surface area is 159 Å². The third-order valence-electron chi connectivity index (χ3n) is 5.07. The molecular formula is C22H25NO4. The van der Waals surface area contributed by atoms with Crippen LogP contribution in [-0.2, 0) is 20.1 Å². The molecule has 0 N–H and O–H groups in total. The quantitative estimate of drug-likeness (QED) is 0.757. The van der Waals surface area contributed by atoms with Gasteiger partial charge in [0.2, 0.25) is 0 Å². The monoisotopic (exact) mass is 367 g/mol. The van der Waals surface area contributed by atoms with Crippen molar-refractivity contribution in [3.8, 4) is 5.75 Å². The molecular weight excluding hydrogens is 342 g/mol. The Balaban J connectivity index is 1.51. The molecule has 27 heavy (non-hydrogen) atoms. The van der Waals surface area contributed by atoms with Gasteiger partial charge in [0.1, 0.15) is 5.75 Å². The first-order valence-corrected chi connectivity index (χ1v) is 9.42. The predicted molar refractivity (Wildman–Crippen MR) is 103 cm³/mol. The van der Waals surface area contributed by atoms with Crippen LogP contribution in [0.15, 0.2) is 36.4 Å². The number of hydrogen-bond donors (Lipinski definition) is 0. The minimum Gasteiger partial charge on any atom is -0.494 e. The Kier molecular flexibility index (Phi) is 4.66. The van der Waals surface area contributed by atoms with Gasteiger partial charge in [-0.2, -0.15) is 0 Å². The molecule has 5 nitrogen and oxygen atoms in total. The Bertz CT molecular complexity index is 871. The molecule has 0 unspecified atom stereocenters. The smallest absolute Gasteiger partial charge is 0.292 e. The molecule has 2 heterocycles. The molecule has 5 heteroatoms. The first-order valence-electron chi connectivity index (χ1n) is 9.42. The highest BCUT2D eigenvalue weighted by Gasteiger charge is 2.56. The van der Waals surface area contributed by atoms with Crippen molar-refractivity contribution in [3.05, 3.63) is 58.7 Å². The summed E-state index contributed by atoms with van der Waals surface area (Å²) in [6.07, 6.45) is 0.725. The van der Waals surface area contributed by atoms with Gasteiger partial charge in [-0.15, -0.1) is 0 Å². The van der Waals surface area contributed by atoms with Gasteiger partial charge in [-0.1, -0.05) is 23.8 Å². The van der Waals surface area contributed by atoms with Crippen LogP contribution in [0.5, 0.6) is 5.75 Å². The first-order chi connectivity index (χ1) is 13.0. The van der Waals surface area contributed by atoms with Crippen molar-refractivity contribution in [1.82, 2.24) is 0 Å². The lowest BCUT2D eigenvalue weighted by Crippen LogP contribution is -2.41. The summed E-state index contributed by atoms with van der Waals surface area (Å²) in [6.45, 7) is 8.07. The number of ether oxygens (including phenoxy) is 3. The summed E-state index contributed by atoms with van der Waals surface area (Å²) in [6, 6.07) is 12.1. The van der Waals surface area contributed by atoms with E-state index < -0.39 is 5.79 Å². The Hall–Kier alpha value is -2.37. The number of amides is 1. The number of aryl methyl sites for hydroxylation is 3. The Morgan fingerprint density at radius 3 is 2.59 bits per heavy atom. The van der Waals surface area contributed by atoms with E-state index in [0.29, 0.717) is 26.4 Å². The molecule has 1 spiro atoms. The molecule has 0 radical (unpaired) electrons. The van der Waals surface area contributed by atoms with Gasteiger partial charge in [-0.05, 0) is 56.5 Å². The Morgan fingerprint density at radius 1 is 1.07 bits per heavy atom. The molecule has 0 bridgehead atoms. The summed E-state index contributed by atoms with van der Waals surface area (Å²) in [5.41, 5.74) is 5.08. The number of rotatable bonds is 5. The number of carbonyl (C=O) groups excluding carboxylic acids is 1. The Morgan fingerprint density at radius 2 is 1.85 bits per heavy atom. The summed E-state index contributed by atoms with van der Waals surface area (Å²) in [5.74, 6) is -0.531. The number of carbonyl (C=O) groups is 1. The van der Waals surface area contributed by atoms with Crippen LogP contribution < -0.4 is 9.64 Å². The minimum atomic E-state index is -1.26. The highest BCUT2D eigenvalue weighted by molar-refractivity contribution is 6.07. The van der Waals surface area contributed by atoms with Crippen molar-refractivity contribution in [2.24, 2.45) is 0 Å². The van der Waals surface area contributed by atoms with Crippen LogP contribution in [0.1, 0.15) is 28.7 Å². The highest BCUT2D eigenvalue weighted by atomic mass is 16.7. The highest BCUT2D eigenvalue weighted by Crippen LogP contribution is 2.47. The molecule has 2 aliphatic rings. The van der Waals surface area contributed by atoms with Gasteiger partial charge in [0.15, 0.2) is 0 Å². The van der Waals surface area contributed by atoms with Crippen LogP contribution in [-0.4, -0.2) is 32.3 Å². The maximum Gasteiger partial charge on any atom is 0.292 e. The van der Waals surface area contributed by atoms with Crippen LogP contribution in [0.2, 0.25) is 0 Å². The molecule has 0 saturated carbocycles. The van der Waals surface area contributed by atoms with Crippen LogP contribution in [0, 0.1) is 20.8 Å². The molecule has 2 aromatic rings. The molecule has 142 valence electrons. The zero-order chi connectivity index (χ0) is 19.0. The third-order valence-corrected chi connectivity index (χ3v) is 5.07. The maximum atomic E-state index is 13.2. The van der Waals surface area contributed by atoms with E-state index in [1.54, 1.807) is 4.90 Å². The average molecular weight is 367 g/mol. The molecule has 0 atom stereocenters. The molecule has 0 aliphatic carbocycles. The van der Waals surface area contributed by atoms with E-state index >= 15 is 0 Å². The minimum absolute atomic E-state index is 0.126.